The van der Waals surface area contributed by atoms with Crippen LogP contribution in [0, 0.1) is 5.92 Å². The zero-order valence-electron chi connectivity index (χ0n) is 15.7. The minimum absolute atomic E-state index is 0.0130. The molecule has 0 radical (unpaired) electrons. The second-order valence-corrected chi connectivity index (χ2v) is 7.98. The molecular weight excluding hydrogens is 358 g/mol. The van der Waals surface area contributed by atoms with E-state index in [9.17, 15) is 9.59 Å². The Balaban J connectivity index is 1.47. The first kappa shape index (κ1) is 19.6. The fraction of sp³-hybridized carbons (Fsp3) is 0.429. The maximum absolute atomic E-state index is 12.1. The van der Waals surface area contributed by atoms with Crippen molar-refractivity contribution in [2.24, 2.45) is 5.92 Å². The molecule has 6 heteroatoms. The Labute approximate surface area is 164 Å². The summed E-state index contributed by atoms with van der Waals surface area (Å²) in [5, 5.41) is 9.18. The van der Waals surface area contributed by atoms with Crippen molar-refractivity contribution in [3.63, 3.8) is 0 Å². The van der Waals surface area contributed by atoms with Gasteiger partial charge in [0.15, 0.2) is 0 Å². The lowest BCUT2D eigenvalue weighted by atomic mass is 9.98. The van der Waals surface area contributed by atoms with Crippen molar-refractivity contribution >= 4 is 23.2 Å². The summed E-state index contributed by atoms with van der Waals surface area (Å²) in [5.74, 6) is 0.423. The van der Waals surface area contributed by atoms with Crippen LogP contribution in [0.5, 0.6) is 0 Å². The number of carbonyl (C=O) groups is 2. The molecule has 2 heterocycles. The first-order valence-corrected chi connectivity index (χ1v) is 10.4. The Morgan fingerprint density at radius 1 is 1.11 bits per heavy atom. The van der Waals surface area contributed by atoms with E-state index in [0.29, 0.717) is 12.1 Å². The summed E-state index contributed by atoms with van der Waals surface area (Å²) in [7, 11) is 0. The van der Waals surface area contributed by atoms with E-state index < -0.39 is 0 Å². The van der Waals surface area contributed by atoms with Crippen molar-refractivity contribution in [1.82, 2.24) is 15.5 Å². The van der Waals surface area contributed by atoms with Gasteiger partial charge in [-0.3, -0.25) is 14.5 Å². The standard InChI is InChI=1S/C21H27N3O2S/c1-16-6-9-24(10-7-16)14-18-5-3-2-4-17(18)12-22-20(25)13-23-21(26)19-8-11-27-15-19/h2-5,8,11,15-16H,6-7,9-10,12-14H2,1H3,(H,22,25)(H,23,26). The van der Waals surface area contributed by atoms with Gasteiger partial charge in [0.05, 0.1) is 6.54 Å². The van der Waals surface area contributed by atoms with Crippen molar-refractivity contribution in [3.05, 3.63) is 57.8 Å². The molecule has 5 nitrogen and oxygen atoms in total. The van der Waals surface area contributed by atoms with Crippen LogP contribution in [0.3, 0.4) is 0 Å². The predicted octanol–water partition coefficient (Wildman–Crippen LogP) is 3.03. The Hall–Kier alpha value is -2.18. The number of likely N-dealkylation sites (tertiary alicyclic amines) is 1. The maximum Gasteiger partial charge on any atom is 0.252 e. The Kier molecular flexibility index (Phi) is 7.01. The second kappa shape index (κ2) is 9.67. The fourth-order valence-electron chi connectivity index (χ4n) is 3.26. The van der Waals surface area contributed by atoms with E-state index in [2.05, 4.69) is 34.6 Å². The fourth-order valence-corrected chi connectivity index (χ4v) is 3.89. The highest BCUT2D eigenvalue weighted by Gasteiger charge is 2.17. The van der Waals surface area contributed by atoms with Gasteiger partial charge in [-0.2, -0.15) is 11.3 Å². The molecule has 27 heavy (non-hydrogen) atoms. The minimum Gasteiger partial charge on any atom is -0.350 e. The smallest absolute Gasteiger partial charge is 0.252 e. The van der Waals surface area contributed by atoms with Crippen molar-refractivity contribution in [2.45, 2.75) is 32.9 Å². The number of nitrogens with one attached hydrogen (secondary N) is 2. The molecular formula is C21H27N3O2S. The van der Waals surface area contributed by atoms with Crippen LogP contribution in [0.15, 0.2) is 41.1 Å². The monoisotopic (exact) mass is 385 g/mol. The SMILES string of the molecule is CC1CCN(Cc2ccccc2CNC(=O)CNC(=O)c2ccsc2)CC1. The van der Waals surface area contributed by atoms with E-state index in [1.165, 1.54) is 29.7 Å². The van der Waals surface area contributed by atoms with Crippen molar-refractivity contribution in [1.29, 1.82) is 0 Å². The molecule has 2 amide bonds. The van der Waals surface area contributed by atoms with E-state index in [4.69, 9.17) is 0 Å². The van der Waals surface area contributed by atoms with Crippen LogP contribution in [0.4, 0.5) is 0 Å². The van der Waals surface area contributed by atoms with Crippen molar-refractivity contribution in [2.75, 3.05) is 19.6 Å². The number of hydrogen-bond donors (Lipinski definition) is 2. The molecule has 1 aromatic heterocycles. The highest BCUT2D eigenvalue weighted by Crippen LogP contribution is 2.19. The average Bonchev–Trinajstić information content (AvgIpc) is 3.22. The lowest BCUT2D eigenvalue weighted by Gasteiger charge is -2.30. The highest BCUT2D eigenvalue weighted by molar-refractivity contribution is 7.08. The summed E-state index contributed by atoms with van der Waals surface area (Å²) < 4.78 is 0. The summed E-state index contributed by atoms with van der Waals surface area (Å²) in [6.45, 7) is 5.98. The van der Waals surface area contributed by atoms with Crippen molar-refractivity contribution < 1.29 is 9.59 Å². The third-order valence-corrected chi connectivity index (χ3v) is 5.74. The van der Waals surface area contributed by atoms with Gasteiger partial charge in [0.1, 0.15) is 0 Å². The Morgan fingerprint density at radius 3 is 2.56 bits per heavy atom. The molecule has 0 spiro atoms. The molecule has 0 aliphatic carbocycles. The first-order chi connectivity index (χ1) is 13.1. The van der Waals surface area contributed by atoms with Crippen LogP contribution in [0.25, 0.3) is 0 Å². The molecule has 0 saturated carbocycles. The molecule has 1 saturated heterocycles. The van der Waals surface area contributed by atoms with Gasteiger partial charge >= 0.3 is 0 Å². The van der Waals surface area contributed by atoms with E-state index in [-0.39, 0.29) is 18.4 Å². The van der Waals surface area contributed by atoms with Gasteiger partial charge in [-0.25, -0.2) is 0 Å². The molecule has 0 unspecified atom stereocenters. The molecule has 144 valence electrons. The number of thiophene rings is 1. The molecule has 2 aromatic rings. The van der Waals surface area contributed by atoms with Gasteiger partial charge in [-0.05, 0) is 54.4 Å². The second-order valence-electron chi connectivity index (χ2n) is 7.20. The van der Waals surface area contributed by atoms with Crippen LogP contribution < -0.4 is 10.6 Å². The third-order valence-electron chi connectivity index (χ3n) is 5.06. The zero-order valence-corrected chi connectivity index (χ0v) is 16.6. The number of carbonyl (C=O) groups excluding carboxylic acids is 2. The van der Waals surface area contributed by atoms with Gasteiger partial charge in [-0.1, -0.05) is 31.2 Å². The van der Waals surface area contributed by atoms with Crippen LogP contribution in [0.1, 0.15) is 41.3 Å². The zero-order chi connectivity index (χ0) is 19.1. The number of amides is 2. The summed E-state index contributed by atoms with van der Waals surface area (Å²) >= 11 is 1.46. The van der Waals surface area contributed by atoms with E-state index in [1.54, 1.807) is 11.4 Å². The largest absolute Gasteiger partial charge is 0.350 e. The van der Waals surface area contributed by atoms with Crippen LogP contribution in [-0.2, 0) is 17.9 Å². The van der Waals surface area contributed by atoms with E-state index >= 15 is 0 Å². The van der Waals surface area contributed by atoms with Gasteiger partial charge < -0.3 is 10.6 Å². The van der Waals surface area contributed by atoms with E-state index in [0.717, 1.165) is 31.1 Å². The highest BCUT2D eigenvalue weighted by atomic mass is 32.1. The van der Waals surface area contributed by atoms with Crippen LogP contribution >= 0.6 is 11.3 Å². The molecule has 1 aliphatic rings. The van der Waals surface area contributed by atoms with Crippen LogP contribution in [0.2, 0.25) is 0 Å². The van der Waals surface area contributed by atoms with Gasteiger partial charge in [0, 0.05) is 24.0 Å². The molecule has 0 bridgehead atoms. The normalized spacial score (nSPS) is 15.4. The molecule has 3 rings (SSSR count). The average molecular weight is 386 g/mol. The molecule has 1 aliphatic heterocycles. The maximum atomic E-state index is 12.1. The molecule has 1 aromatic carbocycles. The number of nitrogens with zero attached hydrogens (tertiary/aromatic N) is 1. The predicted molar refractivity (Wildman–Crippen MR) is 109 cm³/mol. The van der Waals surface area contributed by atoms with Gasteiger partial charge in [0.2, 0.25) is 5.91 Å². The summed E-state index contributed by atoms with van der Waals surface area (Å²) in [4.78, 5) is 26.5. The summed E-state index contributed by atoms with van der Waals surface area (Å²) in [6.07, 6.45) is 2.51. The number of piperidine rings is 1. The number of benzene rings is 1. The van der Waals surface area contributed by atoms with Gasteiger partial charge in [-0.15, -0.1) is 0 Å². The summed E-state index contributed by atoms with van der Waals surface area (Å²) in [5.41, 5.74) is 2.98. The van der Waals surface area contributed by atoms with E-state index in [1.807, 2.05) is 17.5 Å². The number of hydrogen-bond acceptors (Lipinski definition) is 4. The number of rotatable bonds is 7. The molecule has 2 N–H and O–H groups in total. The lowest BCUT2D eigenvalue weighted by Crippen LogP contribution is -2.37. The third kappa shape index (κ3) is 5.91. The topological polar surface area (TPSA) is 61.4 Å². The van der Waals surface area contributed by atoms with Crippen LogP contribution in [-0.4, -0.2) is 36.3 Å². The molecule has 0 atom stereocenters. The van der Waals surface area contributed by atoms with Gasteiger partial charge in [0.25, 0.3) is 5.91 Å². The minimum atomic E-state index is -0.217. The van der Waals surface area contributed by atoms with Crippen molar-refractivity contribution in [3.8, 4) is 0 Å². The first-order valence-electron chi connectivity index (χ1n) is 9.48. The lowest BCUT2D eigenvalue weighted by molar-refractivity contribution is -0.120. The molecule has 1 fully saturated rings. The quantitative estimate of drug-likeness (QED) is 0.770. The Bertz CT molecular complexity index is 753. The Morgan fingerprint density at radius 2 is 1.85 bits per heavy atom. The summed E-state index contributed by atoms with van der Waals surface area (Å²) in [6, 6.07) is 10.00.